The molecule has 0 saturated carbocycles. The summed E-state index contributed by atoms with van der Waals surface area (Å²) in [7, 11) is 0. The number of carbonyl (C=O) groups excluding carboxylic acids is 1. The molecule has 23 heavy (non-hydrogen) atoms. The lowest BCUT2D eigenvalue weighted by atomic mass is 10.1. The largest absolute Gasteiger partial charge is 0.375 e. The Balaban J connectivity index is 1.47. The van der Waals surface area contributed by atoms with E-state index in [0.717, 1.165) is 22.1 Å². The highest BCUT2D eigenvalue weighted by Crippen LogP contribution is 2.20. The second kappa shape index (κ2) is 7.33. The number of benzene rings is 2. The highest BCUT2D eigenvalue weighted by molar-refractivity contribution is 9.10. The molecule has 0 saturated heterocycles. The van der Waals surface area contributed by atoms with Gasteiger partial charge in [0.2, 0.25) is 5.91 Å². The predicted molar refractivity (Wildman–Crippen MR) is 97.6 cm³/mol. The van der Waals surface area contributed by atoms with Crippen LogP contribution < -0.4 is 10.6 Å². The third-order valence-electron chi connectivity index (χ3n) is 3.70. The second-order valence-electron chi connectivity index (χ2n) is 5.29. The lowest BCUT2D eigenvalue weighted by molar-refractivity contribution is -0.119. The number of rotatable bonds is 6. The maximum Gasteiger partial charge on any atom is 0.239 e. The Hall–Kier alpha value is -2.27. The Morgan fingerprint density at radius 1 is 1.09 bits per heavy atom. The average molecular weight is 372 g/mol. The van der Waals surface area contributed by atoms with Gasteiger partial charge < -0.3 is 15.6 Å². The highest BCUT2D eigenvalue weighted by Gasteiger charge is 2.05. The molecular formula is C18H18BrN3O. The SMILES string of the molecule is O=C(CNc1ccccc1Br)NCCc1c[nH]c2ccccc12. The number of carbonyl (C=O) groups is 1. The van der Waals surface area contributed by atoms with Crippen LogP contribution in [0.3, 0.4) is 0 Å². The molecule has 0 unspecified atom stereocenters. The van der Waals surface area contributed by atoms with E-state index >= 15 is 0 Å². The Morgan fingerprint density at radius 3 is 2.74 bits per heavy atom. The van der Waals surface area contributed by atoms with Crippen molar-refractivity contribution in [2.45, 2.75) is 6.42 Å². The first-order chi connectivity index (χ1) is 11.2. The molecule has 1 heterocycles. The zero-order chi connectivity index (χ0) is 16.1. The molecule has 1 aromatic heterocycles. The number of nitrogens with one attached hydrogen (secondary N) is 3. The monoisotopic (exact) mass is 371 g/mol. The van der Waals surface area contributed by atoms with Crippen LogP contribution in [0.15, 0.2) is 59.2 Å². The third-order valence-corrected chi connectivity index (χ3v) is 4.40. The summed E-state index contributed by atoms with van der Waals surface area (Å²) in [4.78, 5) is 15.2. The molecule has 0 bridgehead atoms. The molecule has 0 radical (unpaired) electrons. The number of hydrogen-bond donors (Lipinski definition) is 3. The normalized spacial score (nSPS) is 10.7. The fourth-order valence-corrected chi connectivity index (χ4v) is 2.94. The fourth-order valence-electron chi connectivity index (χ4n) is 2.52. The molecule has 0 atom stereocenters. The van der Waals surface area contributed by atoms with Crippen molar-refractivity contribution in [2.75, 3.05) is 18.4 Å². The van der Waals surface area contributed by atoms with Gasteiger partial charge in [0.15, 0.2) is 0 Å². The minimum absolute atomic E-state index is 0.0133. The number of anilines is 1. The minimum atomic E-state index is -0.0133. The van der Waals surface area contributed by atoms with E-state index in [1.165, 1.54) is 10.9 Å². The predicted octanol–water partition coefficient (Wildman–Crippen LogP) is 3.70. The first-order valence-corrected chi connectivity index (χ1v) is 8.33. The summed E-state index contributed by atoms with van der Waals surface area (Å²) in [5.41, 5.74) is 3.27. The Bertz CT molecular complexity index is 813. The van der Waals surface area contributed by atoms with E-state index < -0.39 is 0 Å². The maximum atomic E-state index is 11.9. The number of aromatic nitrogens is 1. The summed E-state index contributed by atoms with van der Waals surface area (Å²) in [5.74, 6) is -0.0133. The van der Waals surface area contributed by atoms with Crippen molar-refractivity contribution >= 4 is 38.4 Å². The molecule has 4 nitrogen and oxygen atoms in total. The van der Waals surface area contributed by atoms with Crippen molar-refractivity contribution in [3.05, 3.63) is 64.8 Å². The van der Waals surface area contributed by atoms with E-state index in [-0.39, 0.29) is 12.5 Å². The molecular weight excluding hydrogens is 354 g/mol. The van der Waals surface area contributed by atoms with E-state index in [2.05, 4.69) is 43.7 Å². The number of fused-ring (bicyclic) bond motifs is 1. The zero-order valence-corrected chi connectivity index (χ0v) is 14.2. The van der Waals surface area contributed by atoms with E-state index in [0.29, 0.717) is 6.54 Å². The third kappa shape index (κ3) is 3.93. The molecule has 5 heteroatoms. The van der Waals surface area contributed by atoms with Crippen LogP contribution in [0.5, 0.6) is 0 Å². The summed E-state index contributed by atoms with van der Waals surface area (Å²) in [5, 5.41) is 7.28. The Labute approximate surface area is 143 Å². The van der Waals surface area contributed by atoms with Crippen LogP contribution in [0.4, 0.5) is 5.69 Å². The molecule has 0 aliphatic rings. The Kier molecular flexibility index (Phi) is 4.98. The van der Waals surface area contributed by atoms with Gasteiger partial charge in [0, 0.05) is 33.8 Å². The first-order valence-electron chi connectivity index (χ1n) is 7.54. The molecule has 118 valence electrons. The average Bonchev–Trinajstić information content (AvgIpc) is 2.98. The summed E-state index contributed by atoms with van der Waals surface area (Å²) < 4.78 is 0.951. The smallest absolute Gasteiger partial charge is 0.239 e. The van der Waals surface area contributed by atoms with Crippen LogP contribution in [0, 0.1) is 0 Å². The van der Waals surface area contributed by atoms with Gasteiger partial charge in [0.25, 0.3) is 0 Å². The zero-order valence-electron chi connectivity index (χ0n) is 12.6. The molecule has 2 aromatic carbocycles. The summed E-state index contributed by atoms with van der Waals surface area (Å²) in [6.07, 6.45) is 2.82. The number of H-pyrrole nitrogens is 1. The van der Waals surface area contributed by atoms with Crippen molar-refractivity contribution < 1.29 is 4.79 Å². The number of aromatic amines is 1. The van der Waals surface area contributed by atoms with E-state index in [4.69, 9.17) is 0 Å². The highest BCUT2D eigenvalue weighted by atomic mass is 79.9. The summed E-state index contributed by atoms with van der Waals surface area (Å²) >= 11 is 3.45. The molecule has 3 N–H and O–H groups in total. The summed E-state index contributed by atoms with van der Waals surface area (Å²) in [6.45, 7) is 0.884. The van der Waals surface area contributed by atoms with Crippen LogP contribution in [0.1, 0.15) is 5.56 Å². The Morgan fingerprint density at radius 2 is 1.87 bits per heavy atom. The molecule has 0 aliphatic carbocycles. The molecule has 1 amide bonds. The van der Waals surface area contributed by atoms with E-state index in [1.54, 1.807) is 0 Å². The van der Waals surface area contributed by atoms with Crippen LogP contribution in [-0.2, 0) is 11.2 Å². The molecule has 3 rings (SSSR count). The number of halogens is 1. The van der Waals surface area contributed by atoms with Crippen LogP contribution in [0.25, 0.3) is 10.9 Å². The van der Waals surface area contributed by atoms with Crippen molar-refractivity contribution in [3.8, 4) is 0 Å². The number of hydrogen-bond acceptors (Lipinski definition) is 2. The summed E-state index contributed by atoms with van der Waals surface area (Å²) in [6, 6.07) is 15.9. The topological polar surface area (TPSA) is 56.9 Å². The lowest BCUT2D eigenvalue weighted by Gasteiger charge is -2.09. The van der Waals surface area contributed by atoms with Gasteiger partial charge >= 0.3 is 0 Å². The van der Waals surface area contributed by atoms with E-state index in [1.807, 2.05) is 42.6 Å². The number of amides is 1. The second-order valence-corrected chi connectivity index (χ2v) is 6.15. The molecule has 0 spiro atoms. The van der Waals surface area contributed by atoms with Gasteiger partial charge in [-0.3, -0.25) is 4.79 Å². The fraction of sp³-hybridized carbons (Fsp3) is 0.167. The van der Waals surface area contributed by atoms with Crippen molar-refractivity contribution in [1.82, 2.24) is 10.3 Å². The lowest BCUT2D eigenvalue weighted by Crippen LogP contribution is -2.31. The van der Waals surface area contributed by atoms with Crippen molar-refractivity contribution in [1.29, 1.82) is 0 Å². The van der Waals surface area contributed by atoms with E-state index in [9.17, 15) is 4.79 Å². The van der Waals surface area contributed by atoms with Crippen LogP contribution in [-0.4, -0.2) is 24.0 Å². The first kappa shape index (κ1) is 15.6. The molecule has 0 fully saturated rings. The van der Waals surface area contributed by atoms with Crippen molar-refractivity contribution in [3.63, 3.8) is 0 Å². The van der Waals surface area contributed by atoms with Gasteiger partial charge in [-0.05, 0) is 46.1 Å². The standard InChI is InChI=1S/C18H18BrN3O/c19-15-6-2-4-8-17(15)22-12-18(23)20-10-9-13-11-21-16-7-3-1-5-14(13)16/h1-8,11,21-22H,9-10,12H2,(H,20,23). The van der Waals surface area contributed by atoms with Gasteiger partial charge in [0.05, 0.1) is 6.54 Å². The van der Waals surface area contributed by atoms with Gasteiger partial charge in [0.1, 0.15) is 0 Å². The van der Waals surface area contributed by atoms with Crippen LogP contribution >= 0.6 is 15.9 Å². The van der Waals surface area contributed by atoms with Gasteiger partial charge in [-0.15, -0.1) is 0 Å². The van der Waals surface area contributed by atoms with Gasteiger partial charge in [-0.2, -0.15) is 0 Å². The number of para-hydroxylation sites is 2. The molecule has 3 aromatic rings. The maximum absolute atomic E-state index is 11.9. The van der Waals surface area contributed by atoms with Crippen LogP contribution in [0.2, 0.25) is 0 Å². The van der Waals surface area contributed by atoms with Gasteiger partial charge in [-0.25, -0.2) is 0 Å². The van der Waals surface area contributed by atoms with Gasteiger partial charge in [-0.1, -0.05) is 30.3 Å². The molecule has 0 aliphatic heterocycles. The van der Waals surface area contributed by atoms with Crippen molar-refractivity contribution in [2.24, 2.45) is 0 Å². The minimum Gasteiger partial charge on any atom is -0.375 e. The quantitative estimate of drug-likeness (QED) is 0.618.